The SMILES string of the molecule is C[C@H](NC(=O)c1ccccc1[C@H]1N2C(=O)CCC(=O)N2[C@H](c2ccccc2C(=O)N[C@@H](C)C(C)(C)C)P1c1ccccc1P1[C@@H](c2ccccc2C(=O)N[C@@H](C)C(C)(C)C)N2C(=O)CCC(=O)N2[C@@H]1c1ccccc1C(=O)N[C@@H](C)C(C)(C)C)C(C)(C)C. The molecule has 4 heterocycles. The van der Waals surface area contributed by atoms with Crippen molar-refractivity contribution < 1.29 is 38.4 Å². The van der Waals surface area contributed by atoms with Gasteiger partial charge in [-0.3, -0.25) is 38.4 Å². The average molecular weight is 1230 g/mol. The highest BCUT2D eigenvalue weighted by atomic mass is 31.1. The van der Waals surface area contributed by atoms with Crippen molar-refractivity contribution in [3.05, 3.63) is 166 Å². The minimum atomic E-state index is -2.14. The van der Waals surface area contributed by atoms with Crippen molar-refractivity contribution in [3.63, 3.8) is 0 Å². The predicted molar refractivity (Wildman–Crippen MR) is 348 cm³/mol. The van der Waals surface area contributed by atoms with E-state index in [1.165, 1.54) is 20.0 Å². The molecular formula is C70H88N8O8P2. The van der Waals surface area contributed by atoms with Crippen LogP contribution in [0.4, 0.5) is 0 Å². The molecule has 0 aliphatic carbocycles. The molecule has 4 aliphatic heterocycles. The number of hydrogen-bond acceptors (Lipinski definition) is 8. The first kappa shape index (κ1) is 65.2. The fourth-order valence-electron chi connectivity index (χ4n) is 11.4. The van der Waals surface area contributed by atoms with Gasteiger partial charge >= 0.3 is 0 Å². The third-order valence-electron chi connectivity index (χ3n) is 18.5. The summed E-state index contributed by atoms with van der Waals surface area (Å²) in [6.07, 6.45) is -0.467. The summed E-state index contributed by atoms with van der Waals surface area (Å²) in [5, 5.41) is 20.4. The largest absolute Gasteiger partial charge is 0.349 e. The predicted octanol–water partition coefficient (Wildman–Crippen LogP) is 12.1. The standard InChI is InChI=1S/C70H88N8O8P2/c1-41(67(5,6)7)71-59(83)45-27-17-21-31-49(45)63-75-55(79)37-38-56(80)76(75)64(50-32-22-18-28-46(50)60(84)72-42(2)68(8,9)10)87(63)53-35-25-26-36-54(53)88-65(51-33-23-19-29-47(51)61(85)73-43(3)69(11,12)13)77-57(81)39-40-58(82)78(77)66(88)52-34-24-20-30-48(52)62(86)74-44(4)70(14,15)16/h17-36,41-44,63-66H,37-40H2,1-16H3,(H,71,83)(H,72,84)(H,73,85)(H,74,86)/t41-,42-,43-,44-,63-,64-,65-,66-/m0/s1. The molecule has 4 aliphatic rings. The second kappa shape index (κ2) is 24.9. The highest BCUT2D eigenvalue weighted by Crippen LogP contribution is 2.74. The summed E-state index contributed by atoms with van der Waals surface area (Å²) in [6, 6.07) is 35.2. The monoisotopic (exact) mass is 1230 g/mol. The molecule has 0 bridgehead atoms. The lowest BCUT2D eigenvalue weighted by Gasteiger charge is -2.38. The van der Waals surface area contributed by atoms with E-state index in [-0.39, 0.29) is 119 Å². The summed E-state index contributed by atoms with van der Waals surface area (Å²) in [7, 11) is -4.27. The lowest BCUT2D eigenvalue weighted by atomic mass is 9.88. The van der Waals surface area contributed by atoms with Gasteiger partial charge in [-0.1, -0.05) is 180 Å². The van der Waals surface area contributed by atoms with E-state index >= 15 is 38.4 Å². The van der Waals surface area contributed by atoms with Gasteiger partial charge in [-0.25, -0.2) is 20.0 Å². The zero-order valence-electron chi connectivity index (χ0n) is 53.9. The minimum absolute atomic E-state index is 0.117. The molecule has 8 atom stereocenters. The van der Waals surface area contributed by atoms with Crippen LogP contribution in [0.15, 0.2) is 121 Å². The molecule has 18 heteroatoms. The third kappa shape index (κ3) is 12.7. The molecule has 4 N–H and O–H groups in total. The van der Waals surface area contributed by atoms with Gasteiger partial charge < -0.3 is 21.3 Å². The Morgan fingerprint density at radius 3 is 0.716 bits per heavy atom. The lowest BCUT2D eigenvalue weighted by molar-refractivity contribution is -0.171. The molecule has 5 aromatic rings. The summed E-state index contributed by atoms with van der Waals surface area (Å²) in [4.78, 5) is 122. The maximum Gasteiger partial charge on any atom is 0.251 e. The van der Waals surface area contributed by atoms with Crippen LogP contribution in [0.2, 0.25) is 0 Å². The van der Waals surface area contributed by atoms with Gasteiger partial charge in [0.05, 0.1) is 0 Å². The van der Waals surface area contributed by atoms with Crippen LogP contribution in [-0.2, 0) is 19.2 Å². The second-order valence-corrected chi connectivity index (χ2v) is 32.9. The second-order valence-electron chi connectivity index (χ2n) is 28.3. The lowest BCUT2D eigenvalue weighted by Crippen LogP contribution is -2.51. The number of fused-ring (bicyclic) bond motifs is 2. The molecular weight excluding hydrogens is 1140 g/mol. The van der Waals surface area contributed by atoms with Crippen LogP contribution in [-0.4, -0.2) is 91.5 Å². The van der Waals surface area contributed by atoms with Gasteiger partial charge in [-0.2, -0.15) is 0 Å². The Balaban J connectivity index is 1.40. The molecule has 4 fully saturated rings. The zero-order valence-corrected chi connectivity index (χ0v) is 55.7. The van der Waals surface area contributed by atoms with Crippen molar-refractivity contribution in [2.24, 2.45) is 21.7 Å². The Labute approximate surface area is 522 Å². The van der Waals surface area contributed by atoms with Crippen molar-refractivity contribution in [1.29, 1.82) is 0 Å². The molecule has 0 aromatic heterocycles. The Kier molecular flexibility index (Phi) is 18.5. The topological polar surface area (TPSA) is 198 Å². The van der Waals surface area contributed by atoms with Crippen LogP contribution in [0.25, 0.3) is 0 Å². The maximum atomic E-state index is 15.4. The summed E-state index contributed by atoms with van der Waals surface area (Å²) < 4.78 is 0. The number of nitrogens with one attached hydrogen (secondary N) is 4. The first-order chi connectivity index (χ1) is 41.2. The molecule has 5 aromatic carbocycles. The molecule has 9 rings (SSSR count). The van der Waals surface area contributed by atoms with Crippen molar-refractivity contribution in [1.82, 2.24) is 41.3 Å². The van der Waals surface area contributed by atoms with Crippen LogP contribution in [0.3, 0.4) is 0 Å². The van der Waals surface area contributed by atoms with Crippen molar-refractivity contribution >= 4 is 73.7 Å². The molecule has 8 amide bonds. The van der Waals surface area contributed by atoms with Gasteiger partial charge in [-0.15, -0.1) is 0 Å². The van der Waals surface area contributed by atoms with Crippen molar-refractivity contribution in [2.75, 3.05) is 0 Å². The van der Waals surface area contributed by atoms with Crippen LogP contribution in [0.1, 0.15) is 223 Å². The number of carbonyl (C=O) groups excluding carboxylic acids is 8. The summed E-state index contributed by atoms with van der Waals surface area (Å²) in [5.41, 5.74) is 1.71. The number of benzene rings is 5. The fraction of sp³-hybridized carbons (Fsp3) is 0.457. The van der Waals surface area contributed by atoms with Gasteiger partial charge in [0.25, 0.3) is 23.6 Å². The number of hydrazine groups is 2. The third-order valence-corrected chi connectivity index (χ3v) is 24.7. The number of hydrogen-bond donors (Lipinski definition) is 4. The summed E-state index contributed by atoms with van der Waals surface area (Å²) >= 11 is 0. The quantitative estimate of drug-likeness (QED) is 0.0788. The van der Waals surface area contributed by atoms with E-state index < -0.39 is 39.0 Å². The summed E-state index contributed by atoms with van der Waals surface area (Å²) in [6.45, 7) is 32.3. The van der Waals surface area contributed by atoms with E-state index in [0.717, 1.165) is 0 Å². The van der Waals surface area contributed by atoms with E-state index in [0.29, 0.717) is 55.1 Å². The molecule has 0 radical (unpaired) electrons. The van der Waals surface area contributed by atoms with E-state index in [1.54, 1.807) is 48.5 Å². The number of nitrogens with zero attached hydrogens (tertiary/aromatic N) is 4. The number of amides is 8. The summed E-state index contributed by atoms with van der Waals surface area (Å²) in [5.74, 6) is -7.08. The van der Waals surface area contributed by atoms with Crippen LogP contribution in [0.5, 0.6) is 0 Å². The molecule has 4 saturated heterocycles. The van der Waals surface area contributed by atoms with Gasteiger partial charge in [0.15, 0.2) is 0 Å². The Hall–Kier alpha value is -7.28. The first-order valence-corrected chi connectivity index (χ1v) is 33.7. The Bertz CT molecular complexity index is 3120. The Morgan fingerprint density at radius 2 is 0.523 bits per heavy atom. The normalized spacial score (nSPS) is 20.9. The molecule has 0 unspecified atom stereocenters. The van der Waals surface area contributed by atoms with E-state index in [1.807, 2.05) is 184 Å². The van der Waals surface area contributed by atoms with Crippen molar-refractivity contribution in [2.45, 2.75) is 184 Å². The fourth-order valence-corrected chi connectivity index (χ4v) is 18.8. The van der Waals surface area contributed by atoms with Crippen LogP contribution >= 0.6 is 15.8 Å². The van der Waals surface area contributed by atoms with E-state index in [4.69, 9.17) is 0 Å². The van der Waals surface area contributed by atoms with E-state index in [2.05, 4.69) is 21.3 Å². The van der Waals surface area contributed by atoms with E-state index in [9.17, 15) is 0 Å². The van der Waals surface area contributed by atoms with Crippen LogP contribution < -0.4 is 31.9 Å². The molecule has 466 valence electrons. The molecule has 16 nitrogen and oxygen atoms in total. The molecule has 88 heavy (non-hydrogen) atoms. The van der Waals surface area contributed by atoms with Gasteiger partial charge in [-0.05, 0) is 122 Å². The van der Waals surface area contributed by atoms with Gasteiger partial charge in [0.2, 0.25) is 23.6 Å². The highest BCUT2D eigenvalue weighted by molar-refractivity contribution is 7.73. The zero-order chi connectivity index (χ0) is 64.3. The smallest absolute Gasteiger partial charge is 0.251 e. The number of carbonyl (C=O) groups is 8. The Morgan fingerprint density at radius 1 is 0.341 bits per heavy atom. The number of rotatable bonds is 14. The van der Waals surface area contributed by atoms with Gasteiger partial charge in [0, 0.05) is 72.1 Å². The maximum absolute atomic E-state index is 15.4. The average Bonchev–Trinajstić information content (AvgIpc) is 1.62. The molecule has 0 saturated carbocycles. The molecule has 0 spiro atoms. The first-order valence-electron chi connectivity index (χ1n) is 30.8. The van der Waals surface area contributed by atoms with Crippen molar-refractivity contribution in [3.8, 4) is 0 Å². The van der Waals surface area contributed by atoms with Crippen LogP contribution in [0, 0.1) is 21.7 Å². The minimum Gasteiger partial charge on any atom is -0.349 e. The van der Waals surface area contributed by atoms with Gasteiger partial charge in [0.1, 0.15) is 23.1 Å². The highest BCUT2D eigenvalue weighted by Gasteiger charge is 2.60.